The Morgan fingerprint density at radius 2 is 2.00 bits per heavy atom. The number of thioether (sulfide) groups is 1. The molecule has 1 N–H and O–H groups in total. The number of nitrogens with zero attached hydrogens (tertiary/aromatic N) is 5. The topological polar surface area (TPSA) is 97.4 Å². The molecule has 0 bridgehead atoms. The highest BCUT2D eigenvalue weighted by atomic mass is 32.2. The smallest absolute Gasteiger partial charge is 0.266 e. The number of hydrogen-bond acceptors (Lipinski definition) is 7. The van der Waals surface area contributed by atoms with Crippen LogP contribution in [0.3, 0.4) is 0 Å². The lowest BCUT2D eigenvalue weighted by atomic mass is 10.2. The van der Waals surface area contributed by atoms with Gasteiger partial charge in [0.05, 0.1) is 11.3 Å². The van der Waals surface area contributed by atoms with Crippen LogP contribution in [0.2, 0.25) is 0 Å². The first-order chi connectivity index (χ1) is 14.1. The molecule has 144 valence electrons. The molecule has 29 heavy (non-hydrogen) atoms. The lowest BCUT2D eigenvalue weighted by Gasteiger charge is -2.08. The molecule has 0 saturated heterocycles. The van der Waals surface area contributed by atoms with Crippen LogP contribution >= 0.6 is 23.1 Å². The first-order valence-electron chi connectivity index (χ1n) is 8.42. The standard InChI is InChI=1S/C18H11FN6O2S2/c19-12-4-2-1-3-11(12)16-21-13-8-14(26)23-25(13)18(22-16)29-9-10-7-15(27)24-5-6-28-17(24)20-10/h1-8H,9H2,(H,23,26). The molecule has 0 unspecified atom stereocenters. The second kappa shape index (κ2) is 6.94. The van der Waals surface area contributed by atoms with E-state index >= 15 is 0 Å². The average molecular weight is 426 g/mol. The Bertz CT molecular complexity index is 1490. The number of rotatable bonds is 4. The van der Waals surface area contributed by atoms with Crippen molar-refractivity contribution >= 4 is 33.7 Å². The van der Waals surface area contributed by atoms with Crippen molar-refractivity contribution in [2.45, 2.75) is 10.9 Å². The van der Waals surface area contributed by atoms with E-state index in [1.165, 1.54) is 50.2 Å². The molecule has 0 radical (unpaired) electrons. The number of halogens is 1. The van der Waals surface area contributed by atoms with Gasteiger partial charge in [-0.05, 0) is 12.1 Å². The van der Waals surface area contributed by atoms with E-state index in [0.29, 0.717) is 27.2 Å². The van der Waals surface area contributed by atoms with Crippen LogP contribution < -0.4 is 11.1 Å². The Kier molecular flexibility index (Phi) is 4.25. The van der Waals surface area contributed by atoms with E-state index in [9.17, 15) is 14.0 Å². The molecule has 0 amide bonds. The van der Waals surface area contributed by atoms with Crippen molar-refractivity contribution in [1.82, 2.24) is 29.0 Å². The van der Waals surface area contributed by atoms with E-state index in [0.717, 1.165) is 0 Å². The fraction of sp³-hybridized carbons (Fsp3) is 0.0556. The van der Waals surface area contributed by atoms with Crippen molar-refractivity contribution in [3.8, 4) is 11.4 Å². The molecule has 8 nitrogen and oxygen atoms in total. The number of aromatic amines is 1. The van der Waals surface area contributed by atoms with Gasteiger partial charge in [-0.25, -0.2) is 23.9 Å². The van der Waals surface area contributed by atoms with Gasteiger partial charge in [-0.3, -0.25) is 19.1 Å². The number of aromatic nitrogens is 6. The first kappa shape index (κ1) is 17.8. The third-order valence-electron chi connectivity index (χ3n) is 4.14. The highest BCUT2D eigenvalue weighted by Gasteiger charge is 2.15. The Balaban J connectivity index is 1.57. The molecule has 4 aromatic heterocycles. The molecular weight excluding hydrogens is 415 g/mol. The van der Waals surface area contributed by atoms with E-state index in [-0.39, 0.29) is 22.5 Å². The van der Waals surface area contributed by atoms with E-state index in [4.69, 9.17) is 0 Å². The van der Waals surface area contributed by atoms with Gasteiger partial charge in [0.1, 0.15) is 5.82 Å². The molecule has 0 aliphatic carbocycles. The summed E-state index contributed by atoms with van der Waals surface area (Å²) in [6.45, 7) is 0. The molecule has 1 aromatic carbocycles. The summed E-state index contributed by atoms with van der Waals surface area (Å²) in [4.78, 5) is 37.8. The predicted octanol–water partition coefficient (Wildman–Crippen LogP) is 2.59. The molecule has 5 rings (SSSR count). The van der Waals surface area contributed by atoms with E-state index in [1.54, 1.807) is 29.8 Å². The summed E-state index contributed by atoms with van der Waals surface area (Å²) in [7, 11) is 0. The highest BCUT2D eigenvalue weighted by Crippen LogP contribution is 2.25. The lowest BCUT2D eigenvalue weighted by Crippen LogP contribution is -2.12. The number of benzene rings is 1. The molecular formula is C18H11FN6O2S2. The number of hydrogen-bond donors (Lipinski definition) is 1. The van der Waals surface area contributed by atoms with E-state index < -0.39 is 5.82 Å². The first-order valence-corrected chi connectivity index (χ1v) is 10.3. The van der Waals surface area contributed by atoms with E-state index in [1.807, 2.05) is 0 Å². The van der Waals surface area contributed by atoms with Crippen LogP contribution in [-0.4, -0.2) is 29.0 Å². The molecule has 0 aliphatic heterocycles. The molecule has 5 aromatic rings. The summed E-state index contributed by atoms with van der Waals surface area (Å²) < 4.78 is 17.1. The van der Waals surface area contributed by atoms with Gasteiger partial charge in [0.15, 0.2) is 21.6 Å². The molecule has 0 spiro atoms. The molecule has 11 heteroatoms. The molecule has 4 heterocycles. The summed E-state index contributed by atoms with van der Waals surface area (Å²) in [5, 5.41) is 4.83. The predicted molar refractivity (Wildman–Crippen MR) is 108 cm³/mol. The van der Waals surface area contributed by atoms with Gasteiger partial charge in [0.25, 0.3) is 11.1 Å². The average Bonchev–Trinajstić information content (AvgIpc) is 3.32. The van der Waals surface area contributed by atoms with Gasteiger partial charge in [-0.2, -0.15) is 0 Å². The Labute approximate surface area is 169 Å². The maximum absolute atomic E-state index is 14.2. The number of H-pyrrole nitrogens is 1. The normalized spacial score (nSPS) is 11.5. The zero-order valence-corrected chi connectivity index (χ0v) is 16.2. The van der Waals surface area contributed by atoms with Gasteiger partial charge < -0.3 is 0 Å². The molecule has 0 aliphatic rings. The van der Waals surface area contributed by atoms with Crippen LogP contribution in [0.15, 0.2) is 62.7 Å². The summed E-state index contributed by atoms with van der Waals surface area (Å²) in [5.74, 6) is 0.0574. The Hall–Kier alpha value is -3.31. The number of thiazole rings is 1. The van der Waals surface area contributed by atoms with Crippen LogP contribution in [0.25, 0.3) is 22.0 Å². The van der Waals surface area contributed by atoms with Crippen molar-refractivity contribution in [2.75, 3.05) is 0 Å². The minimum Gasteiger partial charge on any atom is -0.269 e. The fourth-order valence-electron chi connectivity index (χ4n) is 2.84. The number of fused-ring (bicyclic) bond motifs is 2. The second-order valence-electron chi connectivity index (χ2n) is 6.05. The summed E-state index contributed by atoms with van der Waals surface area (Å²) in [6.07, 6.45) is 1.67. The summed E-state index contributed by atoms with van der Waals surface area (Å²) in [6, 6.07) is 8.95. The van der Waals surface area contributed by atoms with E-state index in [2.05, 4.69) is 20.1 Å². The monoisotopic (exact) mass is 426 g/mol. The van der Waals surface area contributed by atoms with Crippen molar-refractivity contribution in [3.63, 3.8) is 0 Å². The van der Waals surface area contributed by atoms with Crippen LogP contribution in [0.4, 0.5) is 4.39 Å². The van der Waals surface area contributed by atoms with Crippen molar-refractivity contribution in [3.05, 3.63) is 80.2 Å². The maximum atomic E-state index is 14.2. The third-order valence-corrected chi connectivity index (χ3v) is 5.87. The van der Waals surface area contributed by atoms with Gasteiger partial charge in [-0.1, -0.05) is 23.9 Å². The highest BCUT2D eigenvalue weighted by molar-refractivity contribution is 7.98. The van der Waals surface area contributed by atoms with Crippen LogP contribution in [-0.2, 0) is 5.75 Å². The molecule has 0 saturated carbocycles. The van der Waals surface area contributed by atoms with Crippen molar-refractivity contribution in [1.29, 1.82) is 0 Å². The second-order valence-corrected chi connectivity index (χ2v) is 7.87. The van der Waals surface area contributed by atoms with Gasteiger partial charge >= 0.3 is 0 Å². The summed E-state index contributed by atoms with van der Waals surface area (Å²) in [5.41, 5.74) is 0.634. The Morgan fingerprint density at radius 1 is 1.14 bits per heavy atom. The quantitative estimate of drug-likeness (QED) is 0.444. The maximum Gasteiger partial charge on any atom is 0.266 e. The number of nitrogens with one attached hydrogen (secondary N) is 1. The fourth-order valence-corrected chi connectivity index (χ4v) is 4.43. The molecule has 0 atom stereocenters. The minimum atomic E-state index is -0.455. The van der Waals surface area contributed by atoms with Crippen LogP contribution in [0.1, 0.15) is 5.69 Å². The largest absolute Gasteiger partial charge is 0.269 e. The zero-order chi connectivity index (χ0) is 20.0. The van der Waals surface area contributed by atoms with Gasteiger partial charge in [-0.15, -0.1) is 11.3 Å². The zero-order valence-electron chi connectivity index (χ0n) is 14.6. The SMILES string of the molecule is O=c1cc2nc(-c3ccccc3F)nc(SCc3cc(=O)n4ccsc4n3)n2[nH]1. The minimum absolute atomic E-state index is 0.166. The molecule has 0 fully saturated rings. The van der Waals surface area contributed by atoms with Crippen LogP contribution in [0.5, 0.6) is 0 Å². The van der Waals surface area contributed by atoms with Gasteiger partial charge in [0.2, 0.25) is 0 Å². The Morgan fingerprint density at radius 3 is 2.86 bits per heavy atom. The van der Waals surface area contributed by atoms with Gasteiger partial charge in [0, 0.05) is 29.5 Å². The third kappa shape index (κ3) is 3.23. The van der Waals surface area contributed by atoms with Crippen molar-refractivity contribution < 1.29 is 4.39 Å². The summed E-state index contributed by atoms with van der Waals surface area (Å²) >= 11 is 2.63. The lowest BCUT2D eigenvalue weighted by molar-refractivity contribution is 0.629. The van der Waals surface area contributed by atoms with Crippen molar-refractivity contribution in [2.24, 2.45) is 0 Å². The van der Waals surface area contributed by atoms with Crippen LogP contribution in [0, 0.1) is 5.82 Å².